The number of aryl methyl sites for hydroxylation is 1. The van der Waals surface area contributed by atoms with E-state index in [0.29, 0.717) is 18.2 Å². The number of nitrogens with zero attached hydrogens (tertiary/aromatic N) is 2. The lowest BCUT2D eigenvalue weighted by Gasteiger charge is -2.21. The fourth-order valence-electron chi connectivity index (χ4n) is 2.38. The maximum atomic E-state index is 6.36. The van der Waals surface area contributed by atoms with Gasteiger partial charge in [0.1, 0.15) is 0 Å². The van der Waals surface area contributed by atoms with Crippen LogP contribution >= 0.6 is 27.5 Å². The van der Waals surface area contributed by atoms with Crippen molar-refractivity contribution in [1.82, 2.24) is 15.1 Å². The quantitative estimate of drug-likeness (QED) is 0.842. The van der Waals surface area contributed by atoms with E-state index in [4.69, 9.17) is 16.3 Å². The van der Waals surface area contributed by atoms with Gasteiger partial charge in [0.25, 0.3) is 0 Å². The third-order valence-electron chi connectivity index (χ3n) is 3.45. The highest BCUT2D eigenvalue weighted by atomic mass is 79.9. The molecule has 0 saturated carbocycles. The molecule has 0 bridgehead atoms. The van der Waals surface area contributed by atoms with Gasteiger partial charge in [0.15, 0.2) is 0 Å². The number of hydrogen-bond donors (Lipinski definition) is 1. The fraction of sp³-hybridized carbons (Fsp3) is 0.400. The zero-order chi connectivity index (χ0) is 15.4. The number of nitrogens with one attached hydrogen (secondary N) is 1. The number of benzene rings is 1. The Balaban J connectivity index is 2.46. The highest BCUT2D eigenvalue weighted by Gasteiger charge is 2.22. The van der Waals surface area contributed by atoms with E-state index in [0.717, 1.165) is 10.2 Å². The average Bonchev–Trinajstić information content (AvgIpc) is 2.83. The van der Waals surface area contributed by atoms with Crippen molar-refractivity contribution >= 4 is 27.5 Å². The Morgan fingerprint density at radius 1 is 1.48 bits per heavy atom. The molecule has 114 valence electrons. The molecule has 2 rings (SSSR count). The molecule has 0 aliphatic carbocycles. The van der Waals surface area contributed by atoms with E-state index in [9.17, 15) is 0 Å². The molecule has 0 aliphatic heterocycles. The number of hydrogen-bond acceptors (Lipinski definition) is 3. The SMILES string of the molecule is CNC(c1cc(Br)ccc1C)c1c(Cl)cnn1CCOC. The van der Waals surface area contributed by atoms with Gasteiger partial charge in [-0.15, -0.1) is 0 Å². The molecule has 1 unspecified atom stereocenters. The van der Waals surface area contributed by atoms with E-state index in [1.54, 1.807) is 13.3 Å². The molecule has 4 nitrogen and oxygen atoms in total. The zero-order valence-corrected chi connectivity index (χ0v) is 14.7. The van der Waals surface area contributed by atoms with Crippen molar-refractivity contribution in [3.8, 4) is 0 Å². The van der Waals surface area contributed by atoms with Gasteiger partial charge in [-0.05, 0) is 37.2 Å². The van der Waals surface area contributed by atoms with Crippen LogP contribution in [0.25, 0.3) is 0 Å². The van der Waals surface area contributed by atoms with Gasteiger partial charge in [-0.1, -0.05) is 33.6 Å². The Morgan fingerprint density at radius 3 is 2.90 bits per heavy atom. The first-order valence-electron chi connectivity index (χ1n) is 6.72. The van der Waals surface area contributed by atoms with E-state index in [2.05, 4.69) is 45.4 Å². The van der Waals surface area contributed by atoms with Crippen LogP contribution in [-0.2, 0) is 11.3 Å². The Labute approximate surface area is 138 Å². The van der Waals surface area contributed by atoms with Gasteiger partial charge in [0.2, 0.25) is 0 Å². The largest absolute Gasteiger partial charge is 0.383 e. The molecule has 21 heavy (non-hydrogen) atoms. The Hall–Kier alpha value is -0.880. The monoisotopic (exact) mass is 371 g/mol. The summed E-state index contributed by atoms with van der Waals surface area (Å²) in [6, 6.07) is 6.22. The zero-order valence-electron chi connectivity index (χ0n) is 12.4. The van der Waals surface area contributed by atoms with E-state index in [-0.39, 0.29) is 6.04 Å². The number of ether oxygens (including phenoxy) is 1. The molecule has 1 N–H and O–H groups in total. The Morgan fingerprint density at radius 2 is 2.24 bits per heavy atom. The summed E-state index contributed by atoms with van der Waals surface area (Å²) in [5.41, 5.74) is 3.33. The highest BCUT2D eigenvalue weighted by Crippen LogP contribution is 2.31. The van der Waals surface area contributed by atoms with E-state index in [1.165, 1.54) is 11.1 Å². The summed E-state index contributed by atoms with van der Waals surface area (Å²) in [4.78, 5) is 0. The van der Waals surface area contributed by atoms with Crippen molar-refractivity contribution in [3.05, 3.63) is 50.7 Å². The first kappa shape index (κ1) is 16.5. The van der Waals surface area contributed by atoms with Crippen LogP contribution < -0.4 is 5.32 Å². The van der Waals surface area contributed by atoms with Crippen molar-refractivity contribution in [2.75, 3.05) is 20.8 Å². The third-order valence-corrected chi connectivity index (χ3v) is 4.24. The maximum absolute atomic E-state index is 6.36. The lowest BCUT2D eigenvalue weighted by Crippen LogP contribution is -2.23. The summed E-state index contributed by atoms with van der Waals surface area (Å²) in [6.07, 6.45) is 1.68. The molecule has 1 atom stereocenters. The van der Waals surface area contributed by atoms with Crippen LogP contribution in [0.1, 0.15) is 22.9 Å². The van der Waals surface area contributed by atoms with Gasteiger partial charge < -0.3 is 10.1 Å². The number of halogens is 2. The van der Waals surface area contributed by atoms with Gasteiger partial charge in [-0.3, -0.25) is 4.68 Å². The van der Waals surface area contributed by atoms with Crippen molar-refractivity contribution in [2.24, 2.45) is 0 Å². The summed E-state index contributed by atoms with van der Waals surface area (Å²) in [7, 11) is 3.60. The molecule has 1 aromatic heterocycles. The van der Waals surface area contributed by atoms with Gasteiger partial charge in [-0.2, -0.15) is 5.10 Å². The van der Waals surface area contributed by atoms with Crippen molar-refractivity contribution in [2.45, 2.75) is 19.5 Å². The minimum Gasteiger partial charge on any atom is -0.383 e. The average molecular weight is 373 g/mol. The molecule has 0 saturated heterocycles. The lowest BCUT2D eigenvalue weighted by atomic mass is 9.99. The molecular formula is C15H19BrClN3O. The first-order valence-corrected chi connectivity index (χ1v) is 7.89. The molecular weight excluding hydrogens is 354 g/mol. The number of methoxy groups -OCH3 is 1. The van der Waals surface area contributed by atoms with E-state index < -0.39 is 0 Å². The molecule has 0 spiro atoms. The summed E-state index contributed by atoms with van der Waals surface area (Å²) < 4.78 is 8.08. The fourth-order valence-corrected chi connectivity index (χ4v) is 3.01. The van der Waals surface area contributed by atoms with Crippen LogP contribution in [0.3, 0.4) is 0 Å². The summed E-state index contributed by atoms with van der Waals surface area (Å²) in [5, 5.41) is 8.35. The molecule has 1 aromatic carbocycles. The molecule has 0 fully saturated rings. The van der Waals surface area contributed by atoms with Gasteiger partial charge >= 0.3 is 0 Å². The molecule has 0 aliphatic rings. The standard InChI is InChI=1S/C15H19BrClN3O/c1-10-4-5-11(16)8-12(10)14(18-2)15-13(17)9-19-20(15)6-7-21-3/h4-5,8-9,14,18H,6-7H2,1-3H3. The summed E-state index contributed by atoms with van der Waals surface area (Å²) in [5.74, 6) is 0. The predicted octanol–water partition coefficient (Wildman–Crippen LogP) is 3.56. The minimum atomic E-state index is -0.0191. The predicted molar refractivity (Wildman–Crippen MR) is 88.9 cm³/mol. The van der Waals surface area contributed by atoms with Crippen LogP contribution in [0, 0.1) is 6.92 Å². The van der Waals surface area contributed by atoms with Crippen molar-refractivity contribution in [1.29, 1.82) is 0 Å². The van der Waals surface area contributed by atoms with E-state index >= 15 is 0 Å². The van der Waals surface area contributed by atoms with Crippen molar-refractivity contribution in [3.63, 3.8) is 0 Å². The first-order chi connectivity index (χ1) is 10.1. The van der Waals surface area contributed by atoms with Crippen LogP contribution in [0.5, 0.6) is 0 Å². The normalized spacial score (nSPS) is 12.6. The van der Waals surface area contributed by atoms with Gasteiger partial charge in [0, 0.05) is 11.6 Å². The number of aromatic nitrogens is 2. The molecule has 1 heterocycles. The Bertz CT molecular complexity index is 615. The smallest absolute Gasteiger partial charge is 0.0837 e. The second-order valence-electron chi connectivity index (χ2n) is 4.82. The van der Waals surface area contributed by atoms with Crippen LogP contribution in [-0.4, -0.2) is 30.5 Å². The number of rotatable bonds is 6. The highest BCUT2D eigenvalue weighted by molar-refractivity contribution is 9.10. The van der Waals surface area contributed by atoms with Gasteiger partial charge in [-0.25, -0.2) is 0 Å². The van der Waals surface area contributed by atoms with Crippen LogP contribution in [0.15, 0.2) is 28.9 Å². The maximum Gasteiger partial charge on any atom is 0.0837 e. The summed E-state index contributed by atoms with van der Waals surface area (Å²) >= 11 is 9.90. The molecule has 0 radical (unpaired) electrons. The van der Waals surface area contributed by atoms with Crippen LogP contribution in [0.2, 0.25) is 5.02 Å². The molecule has 0 amide bonds. The third kappa shape index (κ3) is 3.66. The second kappa shape index (κ2) is 7.40. The topological polar surface area (TPSA) is 39.1 Å². The van der Waals surface area contributed by atoms with Crippen molar-refractivity contribution < 1.29 is 4.74 Å². The van der Waals surface area contributed by atoms with Gasteiger partial charge in [0.05, 0.1) is 36.1 Å². The second-order valence-corrected chi connectivity index (χ2v) is 6.14. The molecule has 2 aromatic rings. The minimum absolute atomic E-state index is 0.0191. The lowest BCUT2D eigenvalue weighted by molar-refractivity contribution is 0.182. The van der Waals surface area contributed by atoms with E-state index in [1.807, 2.05) is 17.8 Å². The molecule has 6 heteroatoms. The summed E-state index contributed by atoms with van der Waals surface area (Å²) in [6.45, 7) is 3.36. The van der Waals surface area contributed by atoms with Crippen LogP contribution in [0.4, 0.5) is 0 Å². The Kier molecular flexibility index (Phi) is 5.81.